The molecule has 0 spiro atoms. The number of hydrogen-bond acceptors (Lipinski definition) is 4. The van der Waals surface area contributed by atoms with E-state index in [1.54, 1.807) is 4.90 Å². The van der Waals surface area contributed by atoms with Crippen LogP contribution < -0.4 is 5.73 Å². The first-order valence-corrected chi connectivity index (χ1v) is 5.34. The van der Waals surface area contributed by atoms with Gasteiger partial charge in [0.1, 0.15) is 0 Å². The SMILES string of the molecule is CC(=O)OC(=O)N1[C@@H]2CC[C@H]1C[C@H](N)C2. The van der Waals surface area contributed by atoms with Crippen molar-refractivity contribution in [3.63, 3.8) is 0 Å². The Morgan fingerprint density at radius 3 is 2.27 bits per heavy atom. The minimum absolute atomic E-state index is 0.172. The normalized spacial score (nSPS) is 34.0. The molecule has 2 saturated heterocycles. The Hall–Kier alpha value is -1.10. The number of piperidine rings is 1. The molecule has 2 heterocycles. The van der Waals surface area contributed by atoms with Crippen LogP contribution in [0.25, 0.3) is 0 Å². The number of rotatable bonds is 0. The molecule has 2 aliphatic rings. The van der Waals surface area contributed by atoms with Crippen molar-refractivity contribution < 1.29 is 14.3 Å². The van der Waals surface area contributed by atoms with Gasteiger partial charge in [-0.05, 0) is 25.7 Å². The first-order valence-electron chi connectivity index (χ1n) is 5.34. The average molecular weight is 212 g/mol. The molecule has 5 heteroatoms. The summed E-state index contributed by atoms with van der Waals surface area (Å²) in [4.78, 5) is 24.0. The predicted molar refractivity (Wildman–Crippen MR) is 53.0 cm³/mol. The second-order valence-corrected chi connectivity index (χ2v) is 4.38. The van der Waals surface area contributed by atoms with Crippen LogP contribution in [0.1, 0.15) is 32.6 Å². The van der Waals surface area contributed by atoms with Gasteiger partial charge >= 0.3 is 12.1 Å². The van der Waals surface area contributed by atoms with Crippen LogP contribution >= 0.6 is 0 Å². The molecule has 5 nitrogen and oxygen atoms in total. The van der Waals surface area contributed by atoms with E-state index in [0.717, 1.165) is 25.7 Å². The summed E-state index contributed by atoms with van der Waals surface area (Å²) in [5, 5.41) is 0. The summed E-state index contributed by atoms with van der Waals surface area (Å²) in [5.74, 6) is -0.547. The highest BCUT2D eigenvalue weighted by atomic mass is 16.6. The molecule has 0 aromatic rings. The summed E-state index contributed by atoms with van der Waals surface area (Å²) in [5.41, 5.74) is 5.87. The molecule has 0 aliphatic carbocycles. The molecule has 2 bridgehead atoms. The Labute approximate surface area is 88.5 Å². The summed E-state index contributed by atoms with van der Waals surface area (Å²) >= 11 is 0. The molecule has 84 valence electrons. The van der Waals surface area contributed by atoms with E-state index in [0.29, 0.717) is 0 Å². The Bertz CT molecular complexity index is 278. The maximum atomic E-state index is 11.6. The number of fused-ring (bicyclic) bond motifs is 2. The van der Waals surface area contributed by atoms with Crippen LogP contribution in [0.15, 0.2) is 0 Å². The summed E-state index contributed by atoms with van der Waals surface area (Å²) in [6.45, 7) is 1.25. The van der Waals surface area contributed by atoms with Gasteiger partial charge in [-0.15, -0.1) is 0 Å². The molecule has 0 saturated carbocycles. The number of esters is 1. The molecule has 0 unspecified atom stereocenters. The van der Waals surface area contributed by atoms with E-state index < -0.39 is 12.1 Å². The van der Waals surface area contributed by atoms with Gasteiger partial charge in [-0.3, -0.25) is 4.79 Å². The molecule has 2 fully saturated rings. The van der Waals surface area contributed by atoms with Crippen molar-refractivity contribution in [3.05, 3.63) is 0 Å². The van der Waals surface area contributed by atoms with Gasteiger partial charge in [-0.2, -0.15) is 0 Å². The van der Waals surface area contributed by atoms with Crippen molar-refractivity contribution in [1.29, 1.82) is 0 Å². The number of nitrogens with zero attached hydrogens (tertiary/aromatic N) is 1. The van der Waals surface area contributed by atoms with Crippen LogP contribution in [-0.4, -0.2) is 35.1 Å². The van der Waals surface area contributed by atoms with E-state index in [1.165, 1.54) is 6.92 Å². The number of hydrogen-bond donors (Lipinski definition) is 1. The quantitative estimate of drug-likeness (QED) is 0.472. The minimum Gasteiger partial charge on any atom is -0.376 e. The van der Waals surface area contributed by atoms with E-state index in [2.05, 4.69) is 4.74 Å². The fourth-order valence-corrected chi connectivity index (χ4v) is 2.69. The Kier molecular flexibility index (Phi) is 2.65. The highest BCUT2D eigenvalue weighted by molar-refractivity contribution is 5.83. The molecule has 2 aliphatic heterocycles. The van der Waals surface area contributed by atoms with Gasteiger partial charge in [0, 0.05) is 25.0 Å². The molecule has 2 rings (SSSR count). The Morgan fingerprint density at radius 2 is 1.80 bits per heavy atom. The maximum absolute atomic E-state index is 11.6. The van der Waals surface area contributed by atoms with Gasteiger partial charge < -0.3 is 15.4 Å². The van der Waals surface area contributed by atoms with Crippen molar-refractivity contribution in [1.82, 2.24) is 4.90 Å². The highest BCUT2D eigenvalue weighted by Gasteiger charge is 2.43. The number of carbonyl (C=O) groups excluding carboxylic acids is 2. The van der Waals surface area contributed by atoms with Crippen LogP contribution in [0.5, 0.6) is 0 Å². The fourth-order valence-electron chi connectivity index (χ4n) is 2.69. The molecule has 0 aromatic carbocycles. The zero-order valence-corrected chi connectivity index (χ0v) is 8.81. The molecule has 15 heavy (non-hydrogen) atoms. The van der Waals surface area contributed by atoms with Gasteiger partial charge in [0.05, 0.1) is 0 Å². The van der Waals surface area contributed by atoms with Crippen molar-refractivity contribution in [2.45, 2.75) is 50.7 Å². The molecule has 2 N–H and O–H groups in total. The topological polar surface area (TPSA) is 72.6 Å². The lowest BCUT2D eigenvalue weighted by Gasteiger charge is -2.36. The minimum atomic E-state index is -0.547. The number of nitrogens with two attached hydrogens (primary N) is 1. The predicted octanol–water partition coefficient (Wildman–Crippen LogP) is 0.624. The van der Waals surface area contributed by atoms with Crippen molar-refractivity contribution in [2.24, 2.45) is 5.73 Å². The smallest absolute Gasteiger partial charge is 0.376 e. The van der Waals surface area contributed by atoms with Crippen LogP contribution in [0.2, 0.25) is 0 Å². The van der Waals surface area contributed by atoms with Crippen molar-refractivity contribution >= 4 is 12.1 Å². The second kappa shape index (κ2) is 3.81. The number of ether oxygens (including phenoxy) is 1. The van der Waals surface area contributed by atoms with E-state index in [1.807, 2.05) is 0 Å². The maximum Gasteiger partial charge on any atom is 0.418 e. The average Bonchev–Trinajstić information content (AvgIpc) is 2.38. The third-order valence-corrected chi connectivity index (χ3v) is 3.21. The second-order valence-electron chi connectivity index (χ2n) is 4.38. The Balaban J connectivity index is 2.04. The summed E-state index contributed by atoms with van der Waals surface area (Å²) < 4.78 is 4.61. The standard InChI is InChI=1S/C10H16N2O3/c1-6(13)15-10(14)12-8-2-3-9(12)5-7(11)4-8/h7-9H,2-5,11H2,1H3/t7-,8-,9+. The molecule has 0 aromatic heterocycles. The molecule has 1 amide bonds. The van der Waals surface area contributed by atoms with E-state index in [-0.39, 0.29) is 18.1 Å². The molecular weight excluding hydrogens is 196 g/mol. The lowest BCUT2D eigenvalue weighted by atomic mass is 9.99. The third kappa shape index (κ3) is 1.97. The van der Waals surface area contributed by atoms with Crippen LogP contribution in [0, 0.1) is 0 Å². The highest BCUT2D eigenvalue weighted by Crippen LogP contribution is 2.35. The summed E-state index contributed by atoms with van der Waals surface area (Å²) in [6, 6.07) is 0.528. The lowest BCUT2D eigenvalue weighted by molar-refractivity contribution is -0.136. The lowest BCUT2D eigenvalue weighted by Crippen LogP contribution is -2.50. The van der Waals surface area contributed by atoms with Gasteiger partial charge in [0.2, 0.25) is 0 Å². The van der Waals surface area contributed by atoms with Crippen LogP contribution in [-0.2, 0) is 9.53 Å². The molecule has 3 atom stereocenters. The van der Waals surface area contributed by atoms with Gasteiger partial charge in [-0.1, -0.05) is 0 Å². The van der Waals surface area contributed by atoms with E-state index in [4.69, 9.17) is 5.73 Å². The molecular formula is C10H16N2O3. The van der Waals surface area contributed by atoms with E-state index >= 15 is 0 Å². The number of amides is 1. The first kappa shape index (κ1) is 10.4. The molecule has 0 radical (unpaired) electrons. The fraction of sp³-hybridized carbons (Fsp3) is 0.800. The first-order chi connectivity index (χ1) is 7.08. The zero-order valence-electron chi connectivity index (χ0n) is 8.81. The van der Waals surface area contributed by atoms with Gasteiger partial charge in [-0.25, -0.2) is 4.79 Å². The summed E-state index contributed by atoms with van der Waals surface area (Å²) in [7, 11) is 0. The third-order valence-electron chi connectivity index (χ3n) is 3.21. The van der Waals surface area contributed by atoms with Crippen molar-refractivity contribution in [2.75, 3.05) is 0 Å². The van der Waals surface area contributed by atoms with Crippen LogP contribution in [0.3, 0.4) is 0 Å². The van der Waals surface area contributed by atoms with Gasteiger partial charge in [0.15, 0.2) is 0 Å². The van der Waals surface area contributed by atoms with Gasteiger partial charge in [0.25, 0.3) is 0 Å². The number of carbonyl (C=O) groups is 2. The summed E-state index contributed by atoms with van der Waals surface area (Å²) in [6.07, 6.45) is 3.10. The van der Waals surface area contributed by atoms with E-state index in [9.17, 15) is 9.59 Å². The monoisotopic (exact) mass is 212 g/mol. The van der Waals surface area contributed by atoms with Crippen molar-refractivity contribution in [3.8, 4) is 0 Å². The van der Waals surface area contributed by atoms with Crippen LogP contribution in [0.4, 0.5) is 4.79 Å². The zero-order chi connectivity index (χ0) is 11.0. The largest absolute Gasteiger partial charge is 0.418 e. The Morgan fingerprint density at radius 1 is 1.27 bits per heavy atom.